The van der Waals surface area contributed by atoms with E-state index in [0.717, 1.165) is 24.4 Å². The van der Waals surface area contributed by atoms with Gasteiger partial charge in [0.15, 0.2) is 0 Å². The van der Waals surface area contributed by atoms with Crippen molar-refractivity contribution in [3.63, 3.8) is 0 Å². The smallest absolute Gasteiger partial charge is 0.420 e. The van der Waals surface area contributed by atoms with Crippen molar-refractivity contribution in [2.24, 2.45) is 5.10 Å². The van der Waals surface area contributed by atoms with Crippen molar-refractivity contribution in [1.29, 1.82) is 0 Å². The number of halogens is 5. The van der Waals surface area contributed by atoms with E-state index in [0.29, 0.717) is 6.07 Å². The summed E-state index contributed by atoms with van der Waals surface area (Å²) in [6, 6.07) is 6.18. The van der Waals surface area contributed by atoms with E-state index in [9.17, 15) is 27.5 Å². The fourth-order valence-electron chi connectivity index (χ4n) is 1.76. The lowest BCUT2D eigenvalue weighted by molar-refractivity contribution is -0.138. The average Bonchev–Trinajstić information content (AvgIpc) is 2.49. The number of alkyl halides is 3. The zero-order valence-electron chi connectivity index (χ0n) is 11.7. The number of hydrogen-bond acceptors (Lipinski definition) is 3. The number of carbonyl (C=O) groups excluding carboxylic acids is 1. The quantitative estimate of drug-likeness (QED) is 0.494. The first-order valence-electron chi connectivity index (χ1n) is 6.37. The maximum Gasteiger partial charge on any atom is 0.420 e. The van der Waals surface area contributed by atoms with Crippen LogP contribution in [0.3, 0.4) is 0 Å². The molecule has 2 rings (SSSR count). The van der Waals surface area contributed by atoms with Crippen LogP contribution in [0.4, 0.5) is 17.6 Å². The van der Waals surface area contributed by atoms with E-state index in [1.807, 2.05) is 5.43 Å². The zero-order valence-corrected chi connectivity index (χ0v) is 12.5. The Hall–Kier alpha value is -2.61. The van der Waals surface area contributed by atoms with E-state index in [2.05, 4.69) is 5.10 Å². The molecule has 0 unspecified atom stereocenters. The first-order chi connectivity index (χ1) is 11.2. The van der Waals surface area contributed by atoms with Crippen molar-refractivity contribution in [2.75, 3.05) is 0 Å². The van der Waals surface area contributed by atoms with Crippen LogP contribution in [0.1, 0.15) is 21.5 Å². The minimum absolute atomic E-state index is 0.0971. The van der Waals surface area contributed by atoms with Gasteiger partial charge in [0.1, 0.15) is 11.6 Å². The number of aromatic hydroxyl groups is 1. The molecule has 9 heteroatoms. The van der Waals surface area contributed by atoms with Crippen LogP contribution in [0.15, 0.2) is 41.5 Å². The van der Waals surface area contributed by atoms with Gasteiger partial charge in [-0.2, -0.15) is 18.3 Å². The van der Waals surface area contributed by atoms with Crippen molar-refractivity contribution >= 4 is 23.7 Å². The Balaban J connectivity index is 2.19. The molecule has 0 atom stereocenters. The normalized spacial score (nSPS) is 11.7. The van der Waals surface area contributed by atoms with E-state index >= 15 is 0 Å². The molecular formula is C15H9ClF4N2O2. The van der Waals surface area contributed by atoms with Gasteiger partial charge in [0.05, 0.1) is 11.8 Å². The summed E-state index contributed by atoms with van der Waals surface area (Å²) in [6.45, 7) is 0. The largest absolute Gasteiger partial charge is 0.507 e. The molecule has 0 bridgehead atoms. The summed E-state index contributed by atoms with van der Waals surface area (Å²) in [7, 11) is 0. The highest BCUT2D eigenvalue weighted by Gasteiger charge is 2.35. The van der Waals surface area contributed by atoms with E-state index < -0.39 is 29.2 Å². The van der Waals surface area contributed by atoms with Crippen molar-refractivity contribution in [2.45, 2.75) is 6.18 Å². The Morgan fingerprint density at radius 2 is 1.83 bits per heavy atom. The fraction of sp³-hybridized carbons (Fsp3) is 0.0667. The number of benzene rings is 2. The molecule has 0 saturated carbocycles. The number of phenols is 1. The Kier molecular flexibility index (Phi) is 5.08. The van der Waals surface area contributed by atoms with Crippen molar-refractivity contribution in [3.8, 4) is 5.75 Å². The van der Waals surface area contributed by atoms with Crippen molar-refractivity contribution in [1.82, 2.24) is 5.43 Å². The van der Waals surface area contributed by atoms with Crippen molar-refractivity contribution < 1.29 is 27.5 Å². The molecule has 126 valence electrons. The number of phenolic OH excluding ortho intramolecular Hbond substituents is 1. The van der Waals surface area contributed by atoms with E-state index in [-0.39, 0.29) is 16.1 Å². The van der Waals surface area contributed by atoms with Crippen LogP contribution in [0, 0.1) is 5.82 Å². The Bertz CT molecular complexity index is 789. The van der Waals surface area contributed by atoms with Gasteiger partial charge in [-0.05, 0) is 36.4 Å². The molecule has 1 amide bonds. The number of hydrogen-bond donors (Lipinski definition) is 2. The maximum atomic E-state index is 12.7. The lowest BCUT2D eigenvalue weighted by Gasteiger charge is -2.11. The molecule has 0 radical (unpaired) electrons. The second-order valence-electron chi connectivity index (χ2n) is 4.59. The summed E-state index contributed by atoms with van der Waals surface area (Å²) < 4.78 is 51.0. The van der Waals surface area contributed by atoms with E-state index in [1.54, 1.807) is 0 Å². The van der Waals surface area contributed by atoms with Gasteiger partial charge in [0.2, 0.25) is 0 Å². The summed E-state index contributed by atoms with van der Waals surface area (Å²) in [5.41, 5.74) is 0.498. The number of rotatable bonds is 3. The van der Waals surface area contributed by atoms with Crippen LogP contribution >= 0.6 is 11.6 Å². The van der Waals surface area contributed by atoms with Gasteiger partial charge >= 0.3 is 6.18 Å². The lowest BCUT2D eigenvalue weighted by atomic mass is 10.1. The van der Waals surface area contributed by atoms with Crippen LogP contribution in [-0.4, -0.2) is 17.2 Å². The Morgan fingerprint density at radius 1 is 1.21 bits per heavy atom. The SMILES string of the molecule is O=C(NN=Cc1cc(Cl)cc(C(F)(F)F)c1O)c1ccc(F)cc1. The average molecular weight is 361 g/mol. The van der Waals surface area contributed by atoms with Crippen LogP contribution < -0.4 is 5.43 Å². The molecule has 0 spiro atoms. The highest BCUT2D eigenvalue weighted by Crippen LogP contribution is 2.38. The lowest BCUT2D eigenvalue weighted by Crippen LogP contribution is -2.17. The Morgan fingerprint density at radius 3 is 2.42 bits per heavy atom. The first kappa shape index (κ1) is 17.7. The van der Waals surface area contributed by atoms with E-state index in [4.69, 9.17) is 11.6 Å². The standard InChI is InChI=1S/C15H9ClF4N2O2/c16-10-5-9(13(23)12(6-10)15(18,19)20)7-21-22-14(24)8-1-3-11(17)4-2-8/h1-7,23H,(H,22,24). The molecule has 0 heterocycles. The molecule has 2 aromatic rings. The van der Waals surface area contributed by atoms with Crippen LogP contribution in [0.2, 0.25) is 5.02 Å². The molecule has 0 aliphatic carbocycles. The molecule has 4 nitrogen and oxygen atoms in total. The van der Waals surface area contributed by atoms with Crippen LogP contribution in [-0.2, 0) is 6.18 Å². The van der Waals surface area contributed by atoms with Crippen LogP contribution in [0.25, 0.3) is 0 Å². The number of amides is 1. The molecular weight excluding hydrogens is 352 g/mol. The van der Waals surface area contributed by atoms with Crippen molar-refractivity contribution in [3.05, 3.63) is 63.9 Å². The third-order valence-electron chi connectivity index (χ3n) is 2.89. The summed E-state index contributed by atoms with van der Waals surface area (Å²) in [5, 5.41) is 12.8. The third kappa shape index (κ3) is 4.23. The van der Waals surface area contributed by atoms with Gasteiger partial charge in [-0.25, -0.2) is 9.82 Å². The van der Waals surface area contributed by atoms with Gasteiger partial charge in [0, 0.05) is 16.1 Å². The molecule has 2 N–H and O–H groups in total. The predicted molar refractivity (Wildman–Crippen MR) is 79.6 cm³/mol. The minimum atomic E-state index is -4.80. The molecule has 0 aromatic heterocycles. The van der Waals surface area contributed by atoms with Gasteiger partial charge in [0.25, 0.3) is 5.91 Å². The molecule has 2 aromatic carbocycles. The first-order valence-corrected chi connectivity index (χ1v) is 6.75. The number of nitrogens with one attached hydrogen (secondary N) is 1. The predicted octanol–water partition coefficient (Wildman–Crippen LogP) is 3.97. The highest BCUT2D eigenvalue weighted by molar-refractivity contribution is 6.31. The number of carbonyl (C=O) groups is 1. The van der Waals surface area contributed by atoms with Crippen LogP contribution in [0.5, 0.6) is 5.75 Å². The maximum absolute atomic E-state index is 12.7. The Labute approximate surface area is 138 Å². The van der Waals surface area contributed by atoms with E-state index in [1.165, 1.54) is 12.1 Å². The highest BCUT2D eigenvalue weighted by atomic mass is 35.5. The topological polar surface area (TPSA) is 61.7 Å². The monoisotopic (exact) mass is 360 g/mol. The molecule has 24 heavy (non-hydrogen) atoms. The van der Waals surface area contributed by atoms with Gasteiger partial charge in [-0.3, -0.25) is 4.79 Å². The van der Waals surface area contributed by atoms with Gasteiger partial charge in [-0.1, -0.05) is 11.6 Å². The molecule has 0 saturated heterocycles. The third-order valence-corrected chi connectivity index (χ3v) is 3.10. The second kappa shape index (κ2) is 6.88. The summed E-state index contributed by atoms with van der Waals surface area (Å²) >= 11 is 5.58. The number of hydrazone groups is 1. The summed E-state index contributed by atoms with van der Waals surface area (Å²) in [4.78, 5) is 11.7. The van der Waals surface area contributed by atoms with Gasteiger partial charge in [-0.15, -0.1) is 0 Å². The zero-order chi connectivity index (χ0) is 17.9. The summed E-state index contributed by atoms with van der Waals surface area (Å²) in [6.07, 6.45) is -3.98. The summed E-state index contributed by atoms with van der Waals surface area (Å²) in [5.74, 6) is -2.30. The second-order valence-corrected chi connectivity index (χ2v) is 5.03. The molecule has 0 fully saturated rings. The molecule has 0 aliphatic rings. The van der Waals surface area contributed by atoms with Gasteiger partial charge < -0.3 is 5.11 Å². The number of nitrogens with zero attached hydrogens (tertiary/aromatic N) is 1. The fourth-order valence-corrected chi connectivity index (χ4v) is 1.99. The molecule has 0 aliphatic heterocycles. The minimum Gasteiger partial charge on any atom is -0.507 e.